The Hall–Kier alpha value is -3.06. The maximum Gasteiger partial charge on any atom is 0.243 e. The predicted molar refractivity (Wildman–Crippen MR) is 124 cm³/mol. The molecular formula is C27H21B. The highest BCUT2D eigenvalue weighted by atomic mass is 14.2. The van der Waals surface area contributed by atoms with Gasteiger partial charge in [0.05, 0.1) is 0 Å². The van der Waals surface area contributed by atoms with E-state index in [-0.39, 0.29) is 6.71 Å². The number of benzene rings is 5. The van der Waals surface area contributed by atoms with Crippen LogP contribution >= 0.6 is 0 Å². The fourth-order valence-corrected chi connectivity index (χ4v) is 5.63. The molecule has 0 spiro atoms. The van der Waals surface area contributed by atoms with Gasteiger partial charge in [0.15, 0.2) is 0 Å². The molecule has 0 aliphatic carbocycles. The van der Waals surface area contributed by atoms with Gasteiger partial charge in [-0.15, -0.1) is 0 Å². The first-order valence-corrected chi connectivity index (χ1v) is 10.1. The molecule has 1 heteroatoms. The minimum atomic E-state index is 0.286. The summed E-state index contributed by atoms with van der Waals surface area (Å²) < 4.78 is 0. The van der Waals surface area contributed by atoms with Gasteiger partial charge < -0.3 is 0 Å². The quantitative estimate of drug-likeness (QED) is 0.290. The predicted octanol–water partition coefficient (Wildman–Crippen LogP) is 4.90. The Labute approximate surface area is 165 Å². The van der Waals surface area contributed by atoms with Gasteiger partial charge >= 0.3 is 0 Å². The lowest BCUT2D eigenvalue weighted by Crippen LogP contribution is -2.55. The normalized spacial score (nSPS) is 12.8. The second-order valence-corrected chi connectivity index (χ2v) is 8.37. The smallest absolute Gasteiger partial charge is 0.0663 e. The van der Waals surface area contributed by atoms with Crippen LogP contribution in [0.1, 0.15) is 16.7 Å². The molecule has 0 radical (unpaired) electrons. The average molecular weight is 356 g/mol. The van der Waals surface area contributed by atoms with Gasteiger partial charge in [0.1, 0.15) is 0 Å². The van der Waals surface area contributed by atoms with Crippen molar-refractivity contribution < 1.29 is 0 Å². The van der Waals surface area contributed by atoms with Crippen LogP contribution in [-0.4, -0.2) is 6.71 Å². The third-order valence-electron chi connectivity index (χ3n) is 6.58. The van der Waals surface area contributed by atoms with Gasteiger partial charge in [0, 0.05) is 0 Å². The molecule has 0 saturated heterocycles. The molecule has 5 aromatic rings. The topological polar surface area (TPSA) is 0 Å². The van der Waals surface area contributed by atoms with Gasteiger partial charge in [-0.2, -0.15) is 0 Å². The van der Waals surface area contributed by atoms with Crippen LogP contribution in [0.4, 0.5) is 0 Å². The molecule has 0 atom stereocenters. The third-order valence-corrected chi connectivity index (χ3v) is 6.58. The summed E-state index contributed by atoms with van der Waals surface area (Å²) in [5, 5.41) is 8.34. The van der Waals surface area contributed by atoms with Crippen LogP contribution in [-0.2, 0) is 0 Å². The fourth-order valence-electron chi connectivity index (χ4n) is 5.63. The van der Waals surface area contributed by atoms with Crippen molar-refractivity contribution in [2.24, 2.45) is 0 Å². The highest BCUT2D eigenvalue weighted by Crippen LogP contribution is 2.33. The molecule has 0 saturated carbocycles. The van der Waals surface area contributed by atoms with Crippen LogP contribution in [0.5, 0.6) is 0 Å². The van der Waals surface area contributed by atoms with Crippen molar-refractivity contribution in [2.75, 3.05) is 0 Å². The van der Waals surface area contributed by atoms with Gasteiger partial charge in [-0.25, -0.2) is 0 Å². The minimum Gasteiger partial charge on any atom is -0.0663 e. The van der Waals surface area contributed by atoms with Crippen LogP contribution in [0.3, 0.4) is 0 Å². The molecule has 0 fully saturated rings. The fraction of sp³-hybridized carbons (Fsp3) is 0.111. The Balaban J connectivity index is 1.88. The molecule has 5 aromatic carbocycles. The van der Waals surface area contributed by atoms with Gasteiger partial charge in [0.2, 0.25) is 6.71 Å². The first-order valence-electron chi connectivity index (χ1n) is 10.1. The van der Waals surface area contributed by atoms with Gasteiger partial charge in [0.25, 0.3) is 0 Å². The van der Waals surface area contributed by atoms with Crippen molar-refractivity contribution in [3.8, 4) is 0 Å². The molecule has 1 aliphatic heterocycles. The Morgan fingerprint density at radius 2 is 1.00 bits per heavy atom. The molecule has 132 valence electrons. The van der Waals surface area contributed by atoms with E-state index in [2.05, 4.69) is 93.6 Å². The monoisotopic (exact) mass is 356 g/mol. The molecule has 1 heterocycles. The Morgan fingerprint density at radius 1 is 0.536 bits per heavy atom. The van der Waals surface area contributed by atoms with Crippen LogP contribution in [0, 0.1) is 20.8 Å². The second-order valence-electron chi connectivity index (χ2n) is 8.37. The van der Waals surface area contributed by atoms with E-state index in [4.69, 9.17) is 0 Å². The average Bonchev–Trinajstić information content (AvgIpc) is 2.69. The van der Waals surface area contributed by atoms with E-state index < -0.39 is 0 Å². The molecule has 0 amide bonds. The van der Waals surface area contributed by atoms with Gasteiger partial charge in [-0.05, 0) is 53.1 Å². The zero-order valence-electron chi connectivity index (χ0n) is 16.5. The summed E-state index contributed by atoms with van der Waals surface area (Å²) in [6.07, 6.45) is 0. The van der Waals surface area contributed by atoms with Crippen LogP contribution < -0.4 is 16.4 Å². The first kappa shape index (κ1) is 16.0. The molecule has 0 nitrogen and oxygen atoms in total. The summed E-state index contributed by atoms with van der Waals surface area (Å²) >= 11 is 0. The van der Waals surface area contributed by atoms with E-state index in [1.54, 1.807) is 0 Å². The number of hydrogen-bond donors (Lipinski definition) is 0. The summed E-state index contributed by atoms with van der Waals surface area (Å²) in [6, 6.07) is 27.5. The lowest BCUT2D eigenvalue weighted by atomic mass is 9.33. The zero-order valence-corrected chi connectivity index (χ0v) is 16.5. The summed E-state index contributed by atoms with van der Waals surface area (Å²) in [7, 11) is 0. The van der Waals surface area contributed by atoms with Crippen molar-refractivity contribution in [1.82, 2.24) is 0 Å². The number of hydrogen-bond acceptors (Lipinski definition) is 0. The Kier molecular flexibility index (Phi) is 3.12. The van der Waals surface area contributed by atoms with Crippen LogP contribution in [0.25, 0.3) is 32.3 Å². The van der Waals surface area contributed by atoms with Crippen molar-refractivity contribution in [3.63, 3.8) is 0 Å². The Bertz CT molecular complexity index is 1340. The van der Waals surface area contributed by atoms with E-state index >= 15 is 0 Å². The third kappa shape index (κ3) is 1.97. The van der Waals surface area contributed by atoms with E-state index in [9.17, 15) is 0 Å². The lowest BCUT2D eigenvalue weighted by molar-refractivity contribution is 1.35. The first-order chi connectivity index (χ1) is 13.6. The standard InChI is InChI=1S/C27H21B/c1-16-14-17(2)27(18(3)15-16)28-22-8-4-6-19-10-12-21-13-11-20-7-5-9-23(28)25(20)26(21)24(19)22/h4-15H,1-3H3. The molecule has 1 aliphatic rings. The molecule has 0 unspecified atom stereocenters. The van der Waals surface area contributed by atoms with Crippen molar-refractivity contribution in [1.29, 1.82) is 0 Å². The lowest BCUT2D eigenvalue weighted by Gasteiger charge is -2.28. The summed E-state index contributed by atoms with van der Waals surface area (Å²) in [6.45, 7) is 7.03. The van der Waals surface area contributed by atoms with E-state index in [1.807, 2.05) is 0 Å². The molecule has 6 rings (SSSR count). The summed E-state index contributed by atoms with van der Waals surface area (Å²) in [5.74, 6) is 0. The number of aryl methyl sites for hydroxylation is 3. The molecule has 0 aromatic heterocycles. The van der Waals surface area contributed by atoms with Gasteiger partial charge in [-0.1, -0.05) is 106 Å². The Morgan fingerprint density at radius 3 is 1.50 bits per heavy atom. The van der Waals surface area contributed by atoms with Crippen molar-refractivity contribution in [3.05, 3.63) is 89.5 Å². The minimum absolute atomic E-state index is 0.286. The molecule has 0 N–H and O–H groups in total. The largest absolute Gasteiger partial charge is 0.243 e. The maximum atomic E-state index is 2.35. The summed E-state index contributed by atoms with van der Waals surface area (Å²) in [4.78, 5) is 0. The van der Waals surface area contributed by atoms with E-state index in [1.165, 1.54) is 65.4 Å². The van der Waals surface area contributed by atoms with Crippen LogP contribution in [0.15, 0.2) is 72.8 Å². The van der Waals surface area contributed by atoms with Crippen molar-refractivity contribution >= 4 is 55.4 Å². The second kappa shape index (κ2) is 5.48. The SMILES string of the molecule is Cc1cc(C)c(B2c3cccc4ccc5ccc6cccc2c6c5c34)c(C)c1. The highest BCUT2D eigenvalue weighted by Gasteiger charge is 2.32. The van der Waals surface area contributed by atoms with Crippen LogP contribution in [0.2, 0.25) is 0 Å². The van der Waals surface area contributed by atoms with E-state index in [0.717, 1.165) is 0 Å². The molecule has 28 heavy (non-hydrogen) atoms. The highest BCUT2D eigenvalue weighted by molar-refractivity contribution is 7.00. The number of rotatable bonds is 1. The molecular weight excluding hydrogens is 335 g/mol. The molecule has 0 bridgehead atoms. The van der Waals surface area contributed by atoms with E-state index in [0.29, 0.717) is 0 Å². The van der Waals surface area contributed by atoms with Gasteiger partial charge in [-0.3, -0.25) is 0 Å². The van der Waals surface area contributed by atoms with Crippen molar-refractivity contribution in [2.45, 2.75) is 20.8 Å². The zero-order chi connectivity index (χ0) is 19.0. The maximum absolute atomic E-state index is 2.35. The summed E-state index contributed by atoms with van der Waals surface area (Å²) in [5.41, 5.74) is 8.49.